The van der Waals surface area contributed by atoms with E-state index in [9.17, 15) is 0 Å². The molecule has 0 atom stereocenters. The normalized spacial score (nSPS) is 11.7. The molecule has 5 nitrogen and oxygen atoms in total. The lowest BCUT2D eigenvalue weighted by Gasteiger charge is -2.17. The third-order valence-corrected chi connectivity index (χ3v) is 11.6. The summed E-state index contributed by atoms with van der Waals surface area (Å²) in [6.07, 6.45) is 0. The molecule has 280 valence electrons. The summed E-state index contributed by atoms with van der Waals surface area (Å²) in [5.74, 6) is 1.55. The number of hydrogen-bond acceptors (Lipinski definition) is 5. The zero-order chi connectivity index (χ0) is 39.6. The lowest BCUT2D eigenvalue weighted by molar-refractivity contribution is 0.669. The first-order valence-electron chi connectivity index (χ1n) is 20.1. The Morgan fingerprint density at radius 3 is 1.35 bits per heavy atom. The molecule has 3 heterocycles. The molecule has 3 aromatic heterocycles. The van der Waals surface area contributed by atoms with Gasteiger partial charge in [-0.1, -0.05) is 170 Å². The molecule has 0 saturated heterocycles. The maximum atomic E-state index is 6.59. The molecule has 12 aromatic rings. The number of rotatable bonds is 6. The maximum absolute atomic E-state index is 6.59. The van der Waals surface area contributed by atoms with Crippen molar-refractivity contribution in [3.8, 4) is 67.5 Å². The zero-order valence-electron chi connectivity index (χ0n) is 32.2. The van der Waals surface area contributed by atoms with Crippen LogP contribution in [-0.4, -0.2) is 15.0 Å². The fourth-order valence-electron chi connectivity index (χ4n) is 8.78. The first kappa shape index (κ1) is 33.9. The van der Waals surface area contributed by atoms with Gasteiger partial charge in [0.05, 0.1) is 11.1 Å². The van der Waals surface area contributed by atoms with Gasteiger partial charge in [0.25, 0.3) is 0 Å². The van der Waals surface area contributed by atoms with Crippen molar-refractivity contribution in [1.29, 1.82) is 0 Å². The van der Waals surface area contributed by atoms with Crippen LogP contribution in [0.4, 0.5) is 0 Å². The van der Waals surface area contributed by atoms with E-state index in [1.165, 1.54) is 10.8 Å². The summed E-state index contributed by atoms with van der Waals surface area (Å²) < 4.78 is 13.2. The molecule has 0 aliphatic rings. The molecule has 0 spiro atoms. The van der Waals surface area contributed by atoms with Crippen LogP contribution in [0.1, 0.15) is 0 Å². The first-order valence-corrected chi connectivity index (χ1v) is 20.1. The number of aromatic nitrogens is 3. The summed E-state index contributed by atoms with van der Waals surface area (Å²) in [6, 6.07) is 69.4. The van der Waals surface area contributed by atoms with Gasteiger partial charge in [-0.2, -0.15) is 0 Å². The van der Waals surface area contributed by atoms with Crippen LogP contribution < -0.4 is 0 Å². The number of benzene rings is 9. The van der Waals surface area contributed by atoms with Gasteiger partial charge < -0.3 is 8.83 Å². The molecule has 0 amide bonds. The molecule has 0 aliphatic carbocycles. The largest absolute Gasteiger partial charge is 0.455 e. The van der Waals surface area contributed by atoms with Crippen molar-refractivity contribution < 1.29 is 8.83 Å². The molecule has 0 bridgehead atoms. The maximum Gasteiger partial charge on any atom is 0.167 e. The predicted molar refractivity (Wildman–Crippen MR) is 245 cm³/mol. The van der Waals surface area contributed by atoms with Crippen molar-refractivity contribution in [2.45, 2.75) is 0 Å². The Hall–Kier alpha value is -8.15. The number of furan rings is 2. The van der Waals surface area contributed by atoms with E-state index in [1.807, 2.05) is 66.7 Å². The van der Waals surface area contributed by atoms with E-state index >= 15 is 0 Å². The molecule has 0 fully saturated rings. The highest BCUT2D eigenvalue weighted by Gasteiger charge is 2.23. The Morgan fingerprint density at radius 1 is 0.283 bits per heavy atom. The lowest BCUT2D eigenvalue weighted by Crippen LogP contribution is -2.02. The van der Waals surface area contributed by atoms with E-state index in [-0.39, 0.29) is 0 Å². The lowest BCUT2D eigenvalue weighted by atomic mass is 9.87. The highest BCUT2D eigenvalue weighted by molar-refractivity contribution is 6.11. The van der Waals surface area contributed by atoms with Crippen molar-refractivity contribution in [3.05, 3.63) is 200 Å². The first-order chi connectivity index (χ1) is 29.7. The second-order valence-corrected chi connectivity index (χ2v) is 15.1. The van der Waals surface area contributed by atoms with Gasteiger partial charge in [0.1, 0.15) is 22.3 Å². The zero-order valence-corrected chi connectivity index (χ0v) is 32.2. The van der Waals surface area contributed by atoms with Gasteiger partial charge in [0.15, 0.2) is 17.5 Å². The Balaban J connectivity index is 1.17. The van der Waals surface area contributed by atoms with Crippen LogP contribution in [-0.2, 0) is 0 Å². The van der Waals surface area contributed by atoms with E-state index in [4.69, 9.17) is 23.8 Å². The SMILES string of the molecule is c1ccc(-c2ccc(-c3c(-c4ccccc4)ccc4ccccc34)cc2-c2nc(-c3cccc4c3oc3ccccc34)nc(-c3cccc4c3oc3ccccc34)n2)cc1. The molecule has 0 saturated carbocycles. The molecule has 0 N–H and O–H groups in total. The van der Waals surface area contributed by atoms with E-state index in [0.29, 0.717) is 17.5 Å². The summed E-state index contributed by atoms with van der Waals surface area (Å²) in [6.45, 7) is 0. The standard InChI is InChI=1S/C55H33N3O2/c1-3-15-34(16-4-1)38-31-30-37(50-39-20-8-7-19-36(39)29-32-40(50)35-17-5-2-6-18-35)33-47(38)55-57-53(45-25-13-23-43-41-21-9-11-27-48(41)59-51(43)45)56-54(58-55)46-26-14-24-44-42-22-10-12-28-49(42)60-52(44)46/h1-33H. The minimum Gasteiger partial charge on any atom is -0.455 e. The highest BCUT2D eigenvalue weighted by Crippen LogP contribution is 2.43. The molecule has 12 rings (SSSR count). The molecule has 0 unspecified atom stereocenters. The Labute approximate surface area is 344 Å². The van der Waals surface area contributed by atoms with Gasteiger partial charge in [-0.15, -0.1) is 0 Å². The van der Waals surface area contributed by atoms with Crippen LogP contribution in [0, 0.1) is 0 Å². The number of hydrogen-bond donors (Lipinski definition) is 0. The van der Waals surface area contributed by atoms with Crippen molar-refractivity contribution in [3.63, 3.8) is 0 Å². The molecule has 60 heavy (non-hydrogen) atoms. The van der Waals surface area contributed by atoms with Crippen LogP contribution in [0.25, 0.3) is 122 Å². The molecule has 0 aliphatic heterocycles. The molecule has 5 heteroatoms. The fraction of sp³-hybridized carbons (Fsp3) is 0. The van der Waals surface area contributed by atoms with Gasteiger partial charge in [-0.3, -0.25) is 0 Å². The Bertz CT molecular complexity index is 3470. The van der Waals surface area contributed by atoms with E-state index in [0.717, 1.165) is 93.9 Å². The summed E-state index contributed by atoms with van der Waals surface area (Å²) in [5.41, 5.74) is 12.1. The summed E-state index contributed by atoms with van der Waals surface area (Å²) >= 11 is 0. The quantitative estimate of drug-likeness (QED) is 0.169. The Kier molecular flexibility index (Phi) is 7.78. The van der Waals surface area contributed by atoms with Gasteiger partial charge in [0.2, 0.25) is 0 Å². The van der Waals surface area contributed by atoms with Gasteiger partial charge in [-0.05, 0) is 74.5 Å². The van der Waals surface area contributed by atoms with Crippen molar-refractivity contribution in [1.82, 2.24) is 15.0 Å². The molecule has 9 aromatic carbocycles. The van der Waals surface area contributed by atoms with Crippen molar-refractivity contribution in [2.24, 2.45) is 0 Å². The van der Waals surface area contributed by atoms with Crippen LogP contribution in [0.5, 0.6) is 0 Å². The number of fused-ring (bicyclic) bond motifs is 7. The minimum absolute atomic E-state index is 0.507. The summed E-state index contributed by atoms with van der Waals surface area (Å²) in [5, 5.41) is 6.43. The highest BCUT2D eigenvalue weighted by atomic mass is 16.3. The predicted octanol–water partition coefficient (Wildman–Crippen LogP) is 14.8. The summed E-state index contributed by atoms with van der Waals surface area (Å²) in [7, 11) is 0. The second kappa shape index (κ2) is 13.8. The van der Waals surface area contributed by atoms with Crippen LogP contribution in [0.15, 0.2) is 209 Å². The van der Waals surface area contributed by atoms with Crippen molar-refractivity contribution in [2.75, 3.05) is 0 Å². The average Bonchev–Trinajstić information content (AvgIpc) is 3.90. The monoisotopic (exact) mass is 767 g/mol. The fourth-order valence-corrected chi connectivity index (χ4v) is 8.78. The van der Waals surface area contributed by atoms with Crippen molar-refractivity contribution >= 4 is 54.6 Å². The van der Waals surface area contributed by atoms with E-state index < -0.39 is 0 Å². The molecule has 0 radical (unpaired) electrons. The minimum atomic E-state index is 0.507. The topological polar surface area (TPSA) is 65.0 Å². The average molecular weight is 768 g/mol. The molecular formula is C55H33N3O2. The van der Waals surface area contributed by atoms with E-state index in [1.54, 1.807) is 0 Å². The number of nitrogens with zero attached hydrogens (tertiary/aromatic N) is 3. The van der Waals surface area contributed by atoms with E-state index in [2.05, 4.69) is 133 Å². The second-order valence-electron chi connectivity index (χ2n) is 15.1. The smallest absolute Gasteiger partial charge is 0.167 e. The Morgan fingerprint density at radius 2 is 0.750 bits per heavy atom. The molecular weight excluding hydrogens is 735 g/mol. The van der Waals surface area contributed by atoms with Crippen LogP contribution in [0.2, 0.25) is 0 Å². The number of para-hydroxylation sites is 4. The van der Waals surface area contributed by atoms with Gasteiger partial charge >= 0.3 is 0 Å². The third-order valence-electron chi connectivity index (χ3n) is 11.6. The summed E-state index contributed by atoms with van der Waals surface area (Å²) in [4.78, 5) is 16.1. The van der Waals surface area contributed by atoms with Gasteiger partial charge in [0, 0.05) is 27.1 Å². The van der Waals surface area contributed by atoms with Gasteiger partial charge in [-0.25, -0.2) is 15.0 Å². The van der Waals surface area contributed by atoms with Crippen LogP contribution in [0.3, 0.4) is 0 Å². The van der Waals surface area contributed by atoms with Crippen LogP contribution >= 0.6 is 0 Å². The third kappa shape index (κ3) is 5.52.